The number of aryl methyl sites for hydroxylation is 3. The molecule has 1 unspecified atom stereocenters. The summed E-state index contributed by atoms with van der Waals surface area (Å²) in [5, 5.41) is 8.04. The Morgan fingerprint density at radius 2 is 1.37 bits per heavy atom. The fraction of sp³-hybridized carbons (Fsp3) is 0.409. The number of aliphatic carboxylic acids is 1. The Labute approximate surface area is 162 Å². The molecule has 146 valence electrons. The Balaban J connectivity index is 1.83. The second-order valence-electron chi connectivity index (χ2n) is 7.12. The molecule has 0 saturated heterocycles. The van der Waals surface area contributed by atoms with Crippen molar-refractivity contribution in [3.63, 3.8) is 0 Å². The molecular formula is C22H28O4S. The molecule has 2 aromatic carbocycles. The summed E-state index contributed by atoms with van der Waals surface area (Å²) in [4.78, 5) is 11.6. The van der Waals surface area contributed by atoms with Crippen molar-refractivity contribution in [1.82, 2.24) is 0 Å². The van der Waals surface area contributed by atoms with Crippen LogP contribution < -0.4 is 0 Å². The lowest BCUT2D eigenvalue weighted by Crippen LogP contribution is -2.30. The van der Waals surface area contributed by atoms with Crippen molar-refractivity contribution in [3.05, 3.63) is 65.2 Å². The van der Waals surface area contributed by atoms with Gasteiger partial charge in [0.25, 0.3) is 0 Å². The molecule has 5 heteroatoms. The zero-order valence-electron chi connectivity index (χ0n) is 16.0. The van der Waals surface area contributed by atoms with Gasteiger partial charge in [0.15, 0.2) is 15.1 Å². The highest BCUT2D eigenvalue weighted by Gasteiger charge is 2.33. The third kappa shape index (κ3) is 6.21. The summed E-state index contributed by atoms with van der Waals surface area (Å²) >= 11 is 0. The first-order chi connectivity index (χ1) is 12.8. The van der Waals surface area contributed by atoms with Gasteiger partial charge in [0.1, 0.15) is 0 Å². The molecule has 0 aromatic heterocycles. The number of unbranched alkanes of at least 4 members (excludes halogenated alkanes) is 3. The van der Waals surface area contributed by atoms with E-state index in [0.717, 1.165) is 31.2 Å². The second-order valence-corrected chi connectivity index (χ2v) is 9.25. The average molecular weight is 389 g/mol. The third-order valence-electron chi connectivity index (χ3n) is 4.80. The first-order valence-electron chi connectivity index (χ1n) is 9.39. The zero-order chi connectivity index (χ0) is 19.9. The van der Waals surface area contributed by atoms with Crippen LogP contribution in [-0.4, -0.2) is 24.7 Å². The van der Waals surface area contributed by atoms with E-state index in [9.17, 15) is 18.3 Å². The van der Waals surface area contributed by atoms with Crippen LogP contribution in [0, 0.1) is 13.8 Å². The summed E-state index contributed by atoms with van der Waals surface area (Å²) in [5.41, 5.74) is 3.48. The zero-order valence-corrected chi connectivity index (χ0v) is 16.8. The van der Waals surface area contributed by atoms with E-state index in [0.29, 0.717) is 6.42 Å². The van der Waals surface area contributed by atoms with E-state index in [2.05, 4.69) is 31.2 Å². The van der Waals surface area contributed by atoms with E-state index in [4.69, 9.17) is 0 Å². The maximum atomic E-state index is 12.6. The monoisotopic (exact) mass is 388 g/mol. The number of hydrogen-bond acceptors (Lipinski definition) is 3. The van der Waals surface area contributed by atoms with Crippen LogP contribution in [0.4, 0.5) is 0 Å². The highest BCUT2D eigenvalue weighted by atomic mass is 32.2. The quantitative estimate of drug-likeness (QED) is 0.598. The summed E-state index contributed by atoms with van der Waals surface area (Å²) in [6.45, 7) is 3.93. The molecule has 0 aliphatic rings. The topological polar surface area (TPSA) is 71.4 Å². The summed E-state index contributed by atoms with van der Waals surface area (Å²) in [6.07, 6.45) is 4.55. The van der Waals surface area contributed by atoms with Crippen molar-refractivity contribution in [1.29, 1.82) is 0 Å². The van der Waals surface area contributed by atoms with Crippen LogP contribution in [-0.2, 0) is 21.1 Å². The molecule has 1 N–H and O–H groups in total. The molecule has 2 aromatic rings. The lowest BCUT2D eigenvalue weighted by Gasteiger charge is -2.14. The number of rotatable bonds is 10. The SMILES string of the molecule is Cc1ccc(CCCCCCC(C(=O)O)S(=O)(=O)c2ccc(C)cc2)cc1. The molecule has 27 heavy (non-hydrogen) atoms. The molecule has 0 saturated carbocycles. The van der Waals surface area contributed by atoms with Gasteiger partial charge in [-0.15, -0.1) is 0 Å². The van der Waals surface area contributed by atoms with Crippen LogP contribution in [0.5, 0.6) is 0 Å². The maximum Gasteiger partial charge on any atom is 0.322 e. The molecule has 0 aliphatic carbocycles. The van der Waals surface area contributed by atoms with Crippen LogP contribution in [0.2, 0.25) is 0 Å². The normalized spacial score (nSPS) is 12.7. The minimum Gasteiger partial charge on any atom is -0.480 e. The van der Waals surface area contributed by atoms with Crippen molar-refractivity contribution in [2.45, 2.75) is 62.5 Å². The van der Waals surface area contributed by atoms with Gasteiger partial charge in [0, 0.05) is 0 Å². The fourth-order valence-corrected chi connectivity index (χ4v) is 4.66. The van der Waals surface area contributed by atoms with Crippen molar-refractivity contribution in [2.75, 3.05) is 0 Å². The Bertz CT molecular complexity index is 837. The van der Waals surface area contributed by atoms with E-state index in [1.807, 2.05) is 6.92 Å². The highest BCUT2D eigenvalue weighted by Crippen LogP contribution is 2.22. The first-order valence-corrected chi connectivity index (χ1v) is 10.9. The van der Waals surface area contributed by atoms with Crippen LogP contribution in [0.15, 0.2) is 53.4 Å². The molecule has 0 heterocycles. The summed E-state index contributed by atoms with van der Waals surface area (Å²) in [6, 6.07) is 14.8. The molecule has 0 spiro atoms. The molecule has 0 fully saturated rings. The van der Waals surface area contributed by atoms with Gasteiger partial charge in [-0.25, -0.2) is 8.42 Å². The van der Waals surface area contributed by atoms with Crippen LogP contribution >= 0.6 is 0 Å². The predicted octanol–water partition coefficient (Wildman–Crippen LogP) is 4.72. The summed E-state index contributed by atoms with van der Waals surface area (Å²) < 4.78 is 25.3. The third-order valence-corrected chi connectivity index (χ3v) is 6.92. The van der Waals surface area contributed by atoms with Crippen molar-refractivity contribution in [2.24, 2.45) is 0 Å². The molecule has 1 atom stereocenters. The highest BCUT2D eigenvalue weighted by molar-refractivity contribution is 7.92. The van der Waals surface area contributed by atoms with Crippen molar-refractivity contribution >= 4 is 15.8 Å². The molecular weight excluding hydrogens is 360 g/mol. The van der Waals surface area contributed by atoms with Gasteiger partial charge in [-0.05, 0) is 50.8 Å². The number of benzene rings is 2. The van der Waals surface area contributed by atoms with Crippen LogP contribution in [0.1, 0.15) is 48.8 Å². The average Bonchev–Trinajstić information content (AvgIpc) is 2.62. The maximum absolute atomic E-state index is 12.6. The largest absolute Gasteiger partial charge is 0.480 e. The second kappa shape index (κ2) is 9.70. The van der Waals surface area contributed by atoms with Gasteiger partial charge < -0.3 is 5.11 Å². The number of sulfone groups is 1. The Morgan fingerprint density at radius 3 is 1.93 bits per heavy atom. The Kier molecular flexibility index (Phi) is 7.60. The van der Waals surface area contributed by atoms with Gasteiger partial charge in [-0.3, -0.25) is 4.79 Å². The van der Waals surface area contributed by atoms with Crippen LogP contribution in [0.25, 0.3) is 0 Å². The molecule has 2 rings (SSSR count). The van der Waals surface area contributed by atoms with Gasteiger partial charge in [0.05, 0.1) is 4.90 Å². The molecule has 4 nitrogen and oxygen atoms in total. The van der Waals surface area contributed by atoms with Crippen molar-refractivity contribution < 1.29 is 18.3 Å². The number of hydrogen-bond donors (Lipinski definition) is 1. The molecule has 0 radical (unpaired) electrons. The standard InChI is InChI=1S/C22H28O4S/c1-17-9-13-19(14-10-17)7-5-3-4-6-8-21(22(23)24)27(25,26)20-15-11-18(2)12-16-20/h9-16,21H,3-8H2,1-2H3,(H,23,24). The first kappa shape index (κ1) is 21.2. The van der Waals surface area contributed by atoms with Gasteiger partial charge >= 0.3 is 5.97 Å². The van der Waals surface area contributed by atoms with E-state index >= 15 is 0 Å². The minimum absolute atomic E-state index is 0.0832. The van der Waals surface area contributed by atoms with E-state index in [1.165, 1.54) is 23.3 Å². The van der Waals surface area contributed by atoms with E-state index in [1.54, 1.807) is 12.1 Å². The van der Waals surface area contributed by atoms with Gasteiger partial charge in [0.2, 0.25) is 0 Å². The van der Waals surface area contributed by atoms with Gasteiger partial charge in [-0.1, -0.05) is 66.8 Å². The Hall–Kier alpha value is -2.14. The lowest BCUT2D eigenvalue weighted by molar-refractivity contribution is -0.136. The fourth-order valence-electron chi connectivity index (χ4n) is 3.07. The smallest absolute Gasteiger partial charge is 0.322 e. The summed E-state index contributed by atoms with van der Waals surface area (Å²) in [7, 11) is -3.86. The number of carboxylic acids is 1. The molecule has 0 aliphatic heterocycles. The van der Waals surface area contributed by atoms with Crippen molar-refractivity contribution in [3.8, 4) is 0 Å². The summed E-state index contributed by atoms with van der Waals surface area (Å²) in [5.74, 6) is -1.27. The predicted molar refractivity (Wildman–Crippen MR) is 108 cm³/mol. The lowest BCUT2D eigenvalue weighted by atomic mass is 10.0. The van der Waals surface area contributed by atoms with Crippen LogP contribution in [0.3, 0.4) is 0 Å². The molecule has 0 amide bonds. The molecule has 0 bridgehead atoms. The number of carbonyl (C=O) groups is 1. The minimum atomic E-state index is -3.86. The number of carboxylic acid groups (broad SMARTS) is 1. The van der Waals surface area contributed by atoms with E-state index < -0.39 is 21.1 Å². The van der Waals surface area contributed by atoms with Gasteiger partial charge in [-0.2, -0.15) is 0 Å². The Morgan fingerprint density at radius 1 is 0.852 bits per heavy atom. The van der Waals surface area contributed by atoms with E-state index in [-0.39, 0.29) is 11.3 Å².